The Balaban J connectivity index is 2.45. The highest BCUT2D eigenvalue weighted by Gasteiger charge is 2.33. The summed E-state index contributed by atoms with van der Waals surface area (Å²) >= 11 is 0. The van der Waals surface area contributed by atoms with Crippen molar-refractivity contribution in [2.45, 2.75) is 26.3 Å². The molecule has 0 aliphatic rings. The van der Waals surface area contributed by atoms with Gasteiger partial charge in [0.2, 0.25) is 15.9 Å². The van der Waals surface area contributed by atoms with E-state index in [4.69, 9.17) is 0 Å². The van der Waals surface area contributed by atoms with Crippen LogP contribution in [-0.2, 0) is 14.8 Å². The van der Waals surface area contributed by atoms with Gasteiger partial charge in [0.1, 0.15) is 11.9 Å². The molecule has 2 aromatic carbocycles. The zero-order chi connectivity index (χ0) is 21.1. The van der Waals surface area contributed by atoms with Crippen LogP contribution >= 0.6 is 0 Å². The number of nitro benzene ring substituents is 1. The lowest BCUT2D eigenvalue weighted by Crippen LogP contribution is -2.47. The average Bonchev–Trinajstić information content (AvgIpc) is 2.61. The minimum Gasteiger partial charge on any atom is -0.324 e. The summed E-state index contributed by atoms with van der Waals surface area (Å²) in [5.74, 6) is -1.51. The number of hydrogen-bond acceptors (Lipinski definition) is 5. The standard InChI is InChI=1S/C18H20FN3O5S/c1-4-15(21(28(3,26)27)17-10-6-5-8-13(17)19)18(23)20-14-9-7-11-16(12(14)2)22(24)25/h5-11,15H,4H2,1-3H3,(H,20,23)/t15-/m0/s1. The molecule has 0 saturated carbocycles. The summed E-state index contributed by atoms with van der Waals surface area (Å²) in [4.78, 5) is 23.3. The third kappa shape index (κ3) is 4.45. The molecule has 1 amide bonds. The fourth-order valence-corrected chi connectivity index (χ4v) is 4.05. The number of nitrogens with zero attached hydrogens (tertiary/aromatic N) is 2. The molecule has 0 spiro atoms. The molecule has 2 rings (SSSR count). The second-order valence-electron chi connectivity index (χ2n) is 6.13. The lowest BCUT2D eigenvalue weighted by atomic mass is 10.1. The molecule has 150 valence electrons. The molecule has 0 unspecified atom stereocenters. The number of halogens is 1. The number of nitrogens with one attached hydrogen (secondary N) is 1. The number of nitro groups is 1. The van der Waals surface area contributed by atoms with Gasteiger partial charge in [0.25, 0.3) is 5.69 Å². The lowest BCUT2D eigenvalue weighted by molar-refractivity contribution is -0.385. The van der Waals surface area contributed by atoms with Crippen molar-refractivity contribution in [1.29, 1.82) is 0 Å². The van der Waals surface area contributed by atoms with Crippen molar-refractivity contribution in [3.05, 3.63) is 64.0 Å². The molecule has 0 heterocycles. The van der Waals surface area contributed by atoms with E-state index >= 15 is 0 Å². The summed E-state index contributed by atoms with van der Waals surface area (Å²) in [6, 6.07) is 8.18. The molecule has 0 radical (unpaired) electrons. The van der Waals surface area contributed by atoms with Gasteiger partial charge < -0.3 is 5.32 Å². The maximum atomic E-state index is 14.3. The van der Waals surface area contributed by atoms with E-state index in [1.54, 1.807) is 6.92 Å². The third-order valence-corrected chi connectivity index (χ3v) is 5.35. The van der Waals surface area contributed by atoms with Crippen LogP contribution in [0.25, 0.3) is 0 Å². The van der Waals surface area contributed by atoms with E-state index in [1.807, 2.05) is 0 Å². The number of hydrogen-bond donors (Lipinski definition) is 1. The molecule has 0 bridgehead atoms. The fourth-order valence-electron chi connectivity index (χ4n) is 2.84. The van der Waals surface area contributed by atoms with Crippen LogP contribution in [0.4, 0.5) is 21.5 Å². The van der Waals surface area contributed by atoms with Gasteiger partial charge in [-0.25, -0.2) is 12.8 Å². The Bertz CT molecular complexity index is 1010. The third-order valence-electron chi connectivity index (χ3n) is 4.18. The molecule has 8 nitrogen and oxygen atoms in total. The number of rotatable bonds is 7. The van der Waals surface area contributed by atoms with Crippen molar-refractivity contribution < 1.29 is 22.5 Å². The Morgan fingerprint density at radius 3 is 2.43 bits per heavy atom. The van der Waals surface area contributed by atoms with E-state index in [2.05, 4.69) is 5.32 Å². The first-order chi connectivity index (χ1) is 13.1. The van der Waals surface area contributed by atoms with Crippen molar-refractivity contribution in [2.24, 2.45) is 0 Å². The van der Waals surface area contributed by atoms with Gasteiger partial charge in [-0.15, -0.1) is 0 Å². The highest BCUT2D eigenvalue weighted by molar-refractivity contribution is 7.92. The van der Waals surface area contributed by atoms with Crippen LogP contribution in [0.1, 0.15) is 18.9 Å². The second-order valence-corrected chi connectivity index (χ2v) is 7.99. The summed E-state index contributed by atoms with van der Waals surface area (Å²) in [6.45, 7) is 3.06. The Morgan fingerprint density at radius 2 is 1.89 bits per heavy atom. The van der Waals surface area contributed by atoms with Crippen LogP contribution in [0.3, 0.4) is 0 Å². The zero-order valence-electron chi connectivity index (χ0n) is 15.5. The Labute approximate surface area is 162 Å². The van der Waals surface area contributed by atoms with Crippen LogP contribution in [0.5, 0.6) is 0 Å². The summed E-state index contributed by atoms with van der Waals surface area (Å²) in [5.41, 5.74) is -0.0187. The molecule has 10 heteroatoms. The molecule has 0 fully saturated rings. The molecule has 0 aromatic heterocycles. The second kappa shape index (κ2) is 8.34. The number of amides is 1. The van der Waals surface area contributed by atoms with Gasteiger partial charge in [0.05, 0.1) is 28.1 Å². The SMILES string of the molecule is CC[C@@H](C(=O)Nc1cccc([N+](=O)[O-])c1C)N(c1ccccc1F)S(C)(=O)=O. The molecule has 0 saturated heterocycles. The van der Waals surface area contributed by atoms with E-state index in [-0.39, 0.29) is 29.0 Å². The number of para-hydroxylation sites is 1. The van der Waals surface area contributed by atoms with E-state index in [0.29, 0.717) is 0 Å². The van der Waals surface area contributed by atoms with Crippen molar-refractivity contribution in [2.75, 3.05) is 15.9 Å². The van der Waals surface area contributed by atoms with E-state index in [0.717, 1.165) is 16.6 Å². The molecular weight excluding hydrogens is 389 g/mol. The highest BCUT2D eigenvalue weighted by Crippen LogP contribution is 2.28. The topological polar surface area (TPSA) is 110 Å². The molecular formula is C18H20FN3O5S. The number of carbonyl (C=O) groups is 1. The fraction of sp³-hybridized carbons (Fsp3) is 0.278. The van der Waals surface area contributed by atoms with Gasteiger partial charge in [-0.3, -0.25) is 19.2 Å². The maximum absolute atomic E-state index is 14.3. The van der Waals surface area contributed by atoms with Gasteiger partial charge >= 0.3 is 0 Å². The van der Waals surface area contributed by atoms with Crippen molar-refractivity contribution in [3.8, 4) is 0 Å². The minimum atomic E-state index is -4.00. The van der Waals surface area contributed by atoms with Crippen molar-refractivity contribution in [3.63, 3.8) is 0 Å². The van der Waals surface area contributed by atoms with Crippen LogP contribution in [0.15, 0.2) is 42.5 Å². The molecule has 0 aliphatic heterocycles. The largest absolute Gasteiger partial charge is 0.324 e. The molecule has 2 aromatic rings. The first-order valence-corrected chi connectivity index (χ1v) is 10.2. The van der Waals surface area contributed by atoms with Gasteiger partial charge in [0.15, 0.2) is 0 Å². The van der Waals surface area contributed by atoms with Crippen LogP contribution in [0.2, 0.25) is 0 Å². The number of carbonyl (C=O) groups excluding carboxylic acids is 1. The smallest absolute Gasteiger partial charge is 0.274 e. The van der Waals surface area contributed by atoms with Crippen molar-refractivity contribution >= 4 is 33.0 Å². The molecule has 1 N–H and O–H groups in total. The summed E-state index contributed by atoms with van der Waals surface area (Å²) in [6.07, 6.45) is 0.940. The lowest BCUT2D eigenvalue weighted by Gasteiger charge is -2.30. The number of anilines is 2. The van der Waals surface area contributed by atoms with Gasteiger partial charge in [-0.2, -0.15) is 0 Å². The first-order valence-electron chi connectivity index (χ1n) is 8.36. The summed E-state index contributed by atoms with van der Waals surface area (Å²) < 4.78 is 39.7. The van der Waals surface area contributed by atoms with E-state index < -0.39 is 32.7 Å². The summed E-state index contributed by atoms with van der Waals surface area (Å²) in [7, 11) is -4.00. The number of benzene rings is 2. The van der Waals surface area contributed by atoms with Gasteiger partial charge in [-0.05, 0) is 31.5 Å². The molecule has 0 aliphatic carbocycles. The minimum absolute atomic E-state index is 0.0568. The zero-order valence-corrected chi connectivity index (χ0v) is 16.4. The van der Waals surface area contributed by atoms with Gasteiger partial charge in [-0.1, -0.05) is 25.1 Å². The van der Waals surface area contributed by atoms with Crippen LogP contribution in [-0.4, -0.2) is 31.5 Å². The Hall–Kier alpha value is -3.01. The quantitative estimate of drug-likeness (QED) is 0.558. The highest BCUT2D eigenvalue weighted by atomic mass is 32.2. The van der Waals surface area contributed by atoms with Gasteiger partial charge in [0, 0.05) is 6.07 Å². The van der Waals surface area contributed by atoms with E-state index in [9.17, 15) is 27.7 Å². The predicted octanol–water partition coefficient (Wildman–Crippen LogP) is 3.23. The molecule has 1 atom stereocenters. The number of sulfonamides is 1. The van der Waals surface area contributed by atoms with Crippen LogP contribution in [0, 0.1) is 22.9 Å². The predicted molar refractivity (Wildman–Crippen MR) is 104 cm³/mol. The monoisotopic (exact) mass is 409 g/mol. The van der Waals surface area contributed by atoms with E-state index in [1.165, 1.54) is 43.3 Å². The molecule has 28 heavy (non-hydrogen) atoms. The average molecular weight is 409 g/mol. The maximum Gasteiger partial charge on any atom is 0.274 e. The Morgan fingerprint density at radius 1 is 1.25 bits per heavy atom. The van der Waals surface area contributed by atoms with Crippen molar-refractivity contribution in [1.82, 2.24) is 0 Å². The normalized spacial score (nSPS) is 12.3. The Kier molecular flexibility index (Phi) is 6.34. The summed E-state index contributed by atoms with van der Waals surface area (Å²) in [5, 5.41) is 13.6. The van der Waals surface area contributed by atoms with Crippen LogP contribution < -0.4 is 9.62 Å². The first kappa shape index (κ1) is 21.3.